The van der Waals surface area contributed by atoms with Crippen LogP contribution in [0.5, 0.6) is 0 Å². The van der Waals surface area contributed by atoms with E-state index in [1.165, 1.54) is 11.3 Å². The summed E-state index contributed by atoms with van der Waals surface area (Å²) in [6.07, 6.45) is 2.75. The minimum atomic E-state index is 0. The highest BCUT2D eigenvalue weighted by Crippen LogP contribution is 2.01. The van der Waals surface area contributed by atoms with Crippen molar-refractivity contribution >= 4 is 29.9 Å². The maximum absolute atomic E-state index is 4.64. The van der Waals surface area contributed by atoms with Gasteiger partial charge >= 0.3 is 0 Å². The molecule has 0 aliphatic carbocycles. The van der Waals surface area contributed by atoms with Gasteiger partial charge in [0.05, 0.1) is 6.54 Å². The third-order valence-electron chi connectivity index (χ3n) is 3.26. The molecule has 2 rings (SSSR count). The second kappa shape index (κ2) is 9.45. The molecule has 120 valence electrons. The van der Waals surface area contributed by atoms with E-state index in [0.717, 1.165) is 18.9 Å². The topological polar surface area (TPSA) is 45.4 Å². The molecule has 1 heterocycles. The molecule has 0 spiro atoms. The second-order valence-electron chi connectivity index (χ2n) is 5.14. The number of hydrogen-bond donors (Lipinski definition) is 1. The molecule has 0 saturated carbocycles. The number of aryl methyl sites for hydroxylation is 1. The van der Waals surface area contributed by atoms with Crippen molar-refractivity contribution in [1.82, 2.24) is 20.0 Å². The molecular weight excluding hydrogens is 389 g/mol. The van der Waals surface area contributed by atoms with Crippen LogP contribution in [0.3, 0.4) is 0 Å². The summed E-state index contributed by atoms with van der Waals surface area (Å²) in [5.74, 6) is 0.904. The van der Waals surface area contributed by atoms with Crippen LogP contribution >= 0.6 is 24.0 Å². The summed E-state index contributed by atoms with van der Waals surface area (Å²) in [5.41, 5.74) is 2.42. The monoisotopic (exact) mass is 413 g/mol. The van der Waals surface area contributed by atoms with Gasteiger partial charge in [0.1, 0.15) is 0 Å². The molecule has 1 N–H and O–H groups in total. The number of aliphatic imine (C=N–C) groups is 1. The van der Waals surface area contributed by atoms with Gasteiger partial charge < -0.3 is 10.2 Å². The molecule has 0 amide bonds. The zero-order valence-corrected chi connectivity index (χ0v) is 15.7. The number of benzene rings is 1. The first-order valence-corrected chi connectivity index (χ1v) is 7.13. The largest absolute Gasteiger partial charge is 0.356 e. The average molecular weight is 413 g/mol. The SMILES string of the molecule is CN(C)C(=NCc1ccccc1)NCCc1ccnn1C.I. The Kier molecular flexibility index (Phi) is 7.94. The quantitative estimate of drug-likeness (QED) is 0.465. The Morgan fingerprint density at radius 1 is 1.23 bits per heavy atom. The summed E-state index contributed by atoms with van der Waals surface area (Å²) in [5, 5.41) is 7.56. The summed E-state index contributed by atoms with van der Waals surface area (Å²) in [4.78, 5) is 6.65. The van der Waals surface area contributed by atoms with Crippen molar-refractivity contribution in [3.63, 3.8) is 0 Å². The normalized spacial score (nSPS) is 11.0. The molecule has 0 bridgehead atoms. The highest BCUT2D eigenvalue weighted by molar-refractivity contribution is 14.0. The molecule has 0 aliphatic heterocycles. The van der Waals surface area contributed by atoms with Gasteiger partial charge in [-0.05, 0) is 11.6 Å². The number of hydrogen-bond acceptors (Lipinski definition) is 2. The maximum atomic E-state index is 4.64. The van der Waals surface area contributed by atoms with Gasteiger partial charge in [-0.15, -0.1) is 24.0 Å². The summed E-state index contributed by atoms with van der Waals surface area (Å²) >= 11 is 0. The van der Waals surface area contributed by atoms with Crippen LogP contribution in [0.25, 0.3) is 0 Å². The molecule has 1 aromatic heterocycles. The van der Waals surface area contributed by atoms with Gasteiger partial charge in [-0.3, -0.25) is 4.68 Å². The second-order valence-corrected chi connectivity index (χ2v) is 5.14. The fourth-order valence-electron chi connectivity index (χ4n) is 2.05. The molecule has 6 heteroatoms. The number of nitrogens with zero attached hydrogens (tertiary/aromatic N) is 4. The molecular formula is C16H24IN5. The first kappa shape index (κ1) is 18.5. The third kappa shape index (κ3) is 5.67. The zero-order valence-electron chi connectivity index (χ0n) is 13.4. The number of rotatable bonds is 5. The minimum absolute atomic E-state index is 0. The standard InChI is InChI=1S/C16H23N5.HI/c1-20(2)16(18-13-14-7-5-4-6-8-14)17-11-9-15-10-12-19-21(15)3;/h4-8,10,12H,9,11,13H2,1-3H3,(H,17,18);1H. The van der Waals surface area contributed by atoms with Crippen molar-refractivity contribution in [1.29, 1.82) is 0 Å². The van der Waals surface area contributed by atoms with Gasteiger partial charge in [-0.1, -0.05) is 30.3 Å². The van der Waals surface area contributed by atoms with Gasteiger partial charge in [-0.25, -0.2) is 4.99 Å². The van der Waals surface area contributed by atoms with E-state index in [1.54, 1.807) is 0 Å². The lowest BCUT2D eigenvalue weighted by Crippen LogP contribution is -2.37. The summed E-state index contributed by atoms with van der Waals surface area (Å²) in [7, 11) is 5.97. The lowest BCUT2D eigenvalue weighted by atomic mass is 10.2. The predicted molar refractivity (Wildman–Crippen MR) is 102 cm³/mol. The van der Waals surface area contributed by atoms with Crippen LogP contribution in [0.15, 0.2) is 47.6 Å². The minimum Gasteiger partial charge on any atom is -0.356 e. The van der Waals surface area contributed by atoms with E-state index in [9.17, 15) is 0 Å². The fourth-order valence-corrected chi connectivity index (χ4v) is 2.05. The van der Waals surface area contributed by atoms with Crippen LogP contribution in [-0.2, 0) is 20.0 Å². The Labute approximate surface area is 149 Å². The van der Waals surface area contributed by atoms with Crippen LogP contribution in [0.1, 0.15) is 11.3 Å². The van der Waals surface area contributed by atoms with Crippen LogP contribution in [0.2, 0.25) is 0 Å². The van der Waals surface area contributed by atoms with Crippen molar-refractivity contribution in [3.8, 4) is 0 Å². The Morgan fingerprint density at radius 2 is 1.95 bits per heavy atom. The molecule has 0 unspecified atom stereocenters. The van der Waals surface area contributed by atoms with E-state index in [2.05, 4.69) is 27.5 Å². The van der Waals surface area contributed by atoms with Gasteiger partial charge in [0.15, 0.2) is 5.96 Å². The van der Waals surface area contributed by atoms with Gasteiger partial charge in [0.25, 0.3) is 0 Å². The lowest BCUT2D eigenvalue weighted by Gasteiger charge is -2.17. The smallest absolute Gasteiger partial charge is 0.193 e. The van der Waals surface area contributed by atoms with Crippen molar-refractivity contribution in [3.05, 3.63) is 53.9 Å². The number of guanidine groups is 1. The lowest BCUT2D eigenvalue weighted by molar-refractivity contribution is 0.576. The Hall–Kier alpha value is -1.57. The van der Waals surface area contributed by atoms with Crippen LogP contribution < -0.4 is 5.32 Å². The number of nitrogens with one attached hydrogen (secondary N) is 1. The van der Waals surface area contributed by atoms with Crippen LogP contribution in [0, 0.1) is 0 Å². The van der Waals surface area contributed by atoms with Crippen molar-refractivity contribution in [2.24, 2.45) is 12.0 Å². The molecule has 1 aromatic carbocycles. The van der Waals surface area contributed by atoms with Crippen molar-refractivity contribution in [2.45, 2.75) is 13.0 Å². The van der Waals surface area contributed by atoms with Crippen molar-refractivity contribution < 1.29 is 0 Å². The first-order chi connectivity index (χ1) is 10.2. The molecule has 0 saturated heterocycles. The summed E-state index contributed by atoms with van der Waals surface area (Å²) in [6.45, 7) is 1.53. The third-order valence-corrected chi connectivity index (χ3v) is 3.26. The molecule has 22 heavy (non-hydrogen) atoms. The maximum Gasteiger partial charge on any atom is 0.193 e. The van der Waals surface area contributed by atoms with Crippen molar-refractivity contribution in [2.75, 3.05) is 20.6 Å². The van der Waals surface area contributed by atoms with Gasteiger partial charge in [0.2, 0.25) is 0 Å². The van der Waals surface area contributed by atoms with Gasteiger partial charge in [0, 0.05) is 46.0 Å². The average Bonchev–Trinajstić information content (AvgIpc) is 2.89. The molecule has 0 atom stereocenters. The molecule has 0 radical (unpaired) electrons. The highest BCUT2D eigenvalue weighted by atomic mass is 127. The van der Waals surface area contributed by atoms with Gasteiger partial charge in [-0.2, -0.15) is 5.10 Å². The van der Waals surface area contributed by atoms with Crippen LogP contribution in [0.4, 0.5) is 0 Å². The number of aromatic nitrogens is 2. The van der Waals surface area contributed by atoms with E-state index in [4.69, 9.17) is 0 Å². The predicted octanol–water partition coefficient (Wildman–Crippen LogP) is 2.29. The highest BCUT2D eigenvalue weighted by Gasteiger charge is 2.03. The summed E-state index contributed by atoms with van der Waals surface area (Å²) in [6, 6.07) is 12.3. The van der Waals surface area contributed by atoms with E-state index < -0.39 is 0 Å². The van der Waals surface area contributed by atoms with E-state index in [1.807, 2.05) is 61.2 Å². The Bertz CT molecular complexity index is 577. The molecule has 0 aliphatic rings. The van der Waals surface area contributed by atoms with E-state index in [0.29, 0.717) is 6.54 Å². The zero-order chi connectivity index (χ0) is 15.1. The number of halogens is 1. The molecule has 2 aromatic rings. The first-order valence-electron chi connectivity index (χ1n) is 7.13. The van der Waals surface area contributed by atoms with E-state index >= 15 is 0 Å². The van der Waals surface area contributed by atoms with Crippen LogP contribution in [-0.4, -0.2) is 41.3 Å². The Morgan fingerprint density at radius 3 is 2.55 bits per heavy atom. The fraction of sp³-hybridized carbons (Fsp3) is 0.375. The Balaban J connectivity index is 0.00000242. The summed E-state index contributed by atoms with van der Waals surface area (Å²) < 4.78 is 1.90. The molecule has 0 fully saturated rings. The molecule has 5 nitrogen and oxygen atoms in total. The van der Waals surface area contributed by atoms with E-state index in [-0.39, 0.29) is 24.0 Å².